The van der Waals surface area contributed by atoms with Gasteiger partial charge in [-0.1, -0.05) is 0 Å². The summed E-state index contributed by atoms with van der Waals surface area (Å²) in [6.07, 6.45) is 8.23. The summed E-state index contributed by atoms with van der Waals surface area (Å²) in [5.74, 6) is 0.737. The van der Waals surface area contributed by atoms with Crippen LogP contribution in [0.25, 0.3) is 11.6 Å². The fraction of sp³-hybridized carbons (Fsp3) is 0.471. The van der Waals surface area contributed by atoms with Crippen LogP contribution in [0, 0.1) is 0 Å². The van der Waals surface area contributed by atoms with E-state index in [2.05, 4.69) is 15.0 Å². The predicted octanol–water partition coefficient (Wildman–Crippen LogP) is 1.88. The summed E-state index contributed by atoms with van der Waals surface area (Å²) in [4.78, 5) is 39.7. The third-order valence-electron chi connectivity index (χ3n) is 4.85. The molecule has 2 aromatic rings. The first-order valence-corrected chi connectivity index (χ1v) is 8.65. The topological polar surface area (TPSA) is 113 Å². The molecule has 2 aliphatic rings. The van der Waals surface area contributed by atoms with E-state index in [0.29, 0.717) is 43.1 Å². The fourth-order valence-electron chi connectivity index (χ4n) is 3.36. The largest absolute Gasteiger partial charge is 0.465 e. The number of aromatic nitrogens is 3. The van der Waals surface area contributed by atoms with Crippen molar-refractivity contribution in [1.29, 1.82) is 0 Å². The van der Waals surface area contributed by atoms with Crippen molar-refractivity contribution >= 4 is 12.0 Å². The minimum atomic E-state index is -0.899. The molecule has 1 aliphatic heterocycles. The van der Waals surface area contributed by atoms with Gasteiger partial charge in [0, 0.05) is 37.6 Å². The molecule has 2 fully saturated rings. The molecule has 4 rings (SSSR count). The quantitative estimate of drug-likeness (QED) is 0.889. The molecule has 136 valence electrons. The molecule has 26 heavy (non-hydrogen) atoms. The van der Waals surface area contributed by atoms with Crippen LogP contribution in [0.15, 0.2) is 29.4 Å². The van der Waals surface area contributed by atoms with E-state index in [-0.39, 0.29) is 18.0 Å². The molecule has 9 nitrogen and oxygen atoms in total. The van der Waals surface area contributed by atoms with Crippen LogP contribution in [0.5, 0.6) is 0 Å². The van der Waals surface area contributed by atoms with Crippen LogP contribution < -0.4 is 0 Å². The second-order valence-electron chi connectivity index (χ2n) is 6.61. The van der Waals surface area contributed by atoms with Gasteiger partial charge in [-0.05, 0) is 25.7 Å². The van der Waals surface area contributed by atoms with E-state index in [9.17, 15) is 9.59 Å². The Bertz CT molecular complexity index is 780. The second kappa shape index (κ2) is 6.74. The Labute approximate surface area is 149 Å². The number of rotatable bonds is 4. The Morgan fingerprint density at radius 2 is 1.73 bits per heavy atom. The Hall–Kier alpha value is -2.97. The number of nitrogens with zero attached hydrogens (tertiary/aromatic N) is 5. The Kier molecular flexibility index (Phi) is 4.27. The second-order valence-corrected chi connectivity index (χ2v) is 6.61. The standard InChI is InChI=1S/C17H19N5O4/c23-16(11-7-19-15(20-8-11)14-9-18-10-26-14)22(12-1-2-12)13-3-5-21(6-4-13)17(24)25/h7-10,12-13H,1-6H2,(H,24,25). The van der Waals surface area contributed by atoms with Gasteiger partial charge >= 0.3 is 6.09 Å². The molecule has 0 aromatic carbocycles. The summed E-state index contributed by atoms with van der Waals surface area (Å²) in [6, 6.07) is 0.289. The molecule has 2 amide bonds. The highest BCUT2D eigenvalue weighted by Gasteiger charge is 2.39. The number of carbonyl (C=O) groups excluding carboxylic acids is 1. The number of likely N-dealkylation sites (tertiary alicyclic amines) is 1. The van der Waals surface area contributed by atoms with Crippen LogP contribution in [0.1, 0.15) is 36.0 Å². The SMILES string of the molecule is O=C(O)N1CCC(N(C(=O)c2cnc(-c3cnco3)nc2)C2CC2)CC1. The van der Waals surface area contributed by atoms with Crippen molar-refractivity contribution in [3.05, 3.63) is 30.5 Å². The average Bonchev–Trinajstić information content (AvgIpc) is 3.34. The number of amides is 2. The van der Waals surface area contributed by atoms with Gasteiger partial charge in [-0.3, -0.25) is 4.79 Å². The van der Waals surface area contributed by atoms with Crippen molar-refractivity contribution in [3.63, 3.8) is 0 Å². The van der Waals surface area contributed by atoms with Gasteiger partial charge in [0.25, 0.3) is 5.91 Å². The van der Waals surface area contributed by atoms with Gasteiger partial charge in [0.15, 0.2) is 18.0 Å². The van der Waals surface area contributed by atoms with Crippen LogP contribution in [0.3, 0.4) is 0 Å². The number of oxazole rings is 1. The zero-order valence-electron chi connectivity index (χ0n) is 14.1. The summed E-state index contributed by atoms with van der Waals surface area (Å²) >= 11 is 0. The first kappa shape index (κ1) is 16.5. The third kappa shape index (κ3) is 3.24. The summed E-state index contributed by atoms with van der Waals surface area (Å²) in [6.45, 7) is 0.912. The molecule has 0 unspecified atom stereocenters. The Morgan fingerprint density at radius 1 is 1.08 bits per heavy atom. The molecule has 0 radical (unpaired) electrons. The van der Waals surface area contributed by atoms with Gasteiger partial charge in [-0.2, -0.15) is 0 Å². The van der Waals surface area contributed by atoms with Crippen molar-refractivity contribution < 1.29 is 19.1 Å². The highest BCUT2D eigenvalue weighted by atomic mass is 16.4. The molecule has 1 saturated carbocycles. The predicted molar refractivity (Wildman–Crippen MR) is 89.3 cm³/mol. The highest BCUT2D eigenvalue weighted by molar-refractivity contribution is 5.94. The lowest BCUT2D eigenvalue weighted by Gasteiger charge is -2.37. The van der Waals surface area contributed by atoms with Crippen molar-refractivity contribution in [2.45, 2.75) is 37.8 Å². The van der Waals surface area contributed by atoms with E-state index >= 15 is 0 Å². The normalized spacial score (nSPS) is 17.9. The van der Waals surface area contributed by atoms with Gasteiger partial charge in [0.05, 0.1) is 11.8 Å². The van der Waals surface area contributed by atoms with Crippen LogP contribution in [0.4, 0.5) is 4.79 Å². The summed E-state index contributed by atoms with van der Waals surface area (Å²) < 4.78 is 5.16. The van der Waals surface area contributed by atoms with Crippen LogP contribution in [-0.2, 0) is 0 Å². The van der Waals surface area contributed by atoms with Gasteiger partial charge < -0.3 is 19.3 Å². The maximum absolute atomic E-state index is 13.0. The van der Waals surface area contributed by atoms with Gasteiger partial charge in [-0.25, -0.2) is 19.7 Å². The van der Waals surface area contributed by atoms with Crippen molar-refractivity contribution in [1.82, 2.24) is 24.8 Å². The maximum atomic E-state index is 13.0. The molecule has 0 spiro atoms. The molecular weight excluding hydrogens is 338 g/mol. The van der Waals surface area contributed by atoms with Crippen LogP contribution >= 0.6 is 0 Å². The molecule has 9 heteroatoms. The molecule has 1 saturated heterocycles. The zero-order valence-corrected chi connectivity index (χ0v) is 14.1. The summed E-state index contributed by atoms with van der Waals surface area (Å²) in [5, 5.41) is 9.09. The number of piperidine rings is 1. The molecule has 1 N–H and O–H groups in total. The number of carboxylic acid groups (broad SMARTS) is 1. The molecule has 2 aromatic heterocycles. The van der Waals surface area contributed by atoms with E-state index in [1.54, 1.807) is 0 Å². The first-order valence-electron chi connectivity index (χ1n) is 8.65. The monoisotopic (exact) mass is 357 g/mol. The minimum Gasteiger partial charge on any atom is -0.465 e. The van der Waals surface area contributed by atoms with E-state index < -0.39 is 6.09 Å². The van der Waals surface area contributed by atoms with E-state index in [0.717, 1.165) is 12.8 Å². The number of hydrogen-bond acceptors (Lipinski definition) is 6. The van der Waals surface area contributed by atoms with Crippen LogP contribution in [-0.4, -0.2) is 67.0 Å². The fourth-order valence-corrected chi connectivity index (χ4v) is 3.36. The van der Waals surface area contributed by atoms with E-state index in [1.807, 2.05) is 4.90 Å². The minimum absolute atomic E-state index is 0.0551. The van der Waals surface area contributed by atoms with Crippen molar-refractivity contribution in [3.8, 4) is 11.6 Å². The van der Waals surface area contributed by atoms with Crippen LogP contribution in [0.2, 0.25) is 0 Å². The highest BCUT2D eigenvalue weighted by Crippen LogP contribution is 2.33. The lowest BCUT2D eigenvalue weighted by atomic mass is 10.0. The van der Waals surface area contributed by atoms with Gasteiger partial charge in [0.2, 0.25) is 0 Å². The maximum Gasteiger partial charge on any atom is 0.407 e. The molecule has 0 bridgehead atoms. The van der Waals surface area contributed by atoms with E-state index in [1.165, 1.54) is 29.9 Å². The first-order chi connectivity index (χ1) is 12.6. The molecule has 0 atom stereocenters. The molecule has 1 aliphatic carbocycles. The lowest BCUT2D eigenvalue weighted by Crippen LogP contribution is -2.49. The summed E-state index contributed by atoms with van der Waals surface area (Å²) in [7, 11) is 0. The number of hydrogen-bond donors (Lipinski definition) is 1. The van der Waals surface area contributed by atoms with Crippen molar-refractivity contribution in [2.75, 3.05) is 13.1 Å². The Morgan fingerprint density at radius 3 is 2.27 bits per heavy atom. The van der Waals surface area contributed by atoms with Gasteiger partial charge in [0.1, 0.15) is 0 Å². The molecule has 3 heterocycles. The molecular formula is C17H19N5O4. The lowest BCUT2D eigenvalue weighted by molar-refractivity contribution is 0.0550. The third-order valence-corrected chi connectivity index (χ3v) is 4.85. The number of carbonyl (C=O) groups is 2. The smallest absolute Gasteiger partial charge is 0.407 e. The summed E-state index contributed by atoms with van der Waals surface area (Å²) in [5.41, 5.74) is 0.431. The van der Waals surface area contributed by atoms with Crippen molar-refractivity contribution in [2.24, 2.45) is 0 Å². The Balaban J connectivity index is 1.48. The van der Waals surface area contributed by atoms with Gasteiger partial charge in [-0.15, -0.1) is 0 Å². The van der Waals surface area contributed by atoms with E-state index in [4.69, 9.17) is 9.52 Å². The zero-order chi connectivity index (χ0) is 18.1. The average molecular weight is 357 g/mol.